The van der Waals surface area contributed by atoms with Crippen LogP contribution in [0.4, 0.5) is 0 Å². The highest BCUT2D eigenvalue weighted by Gasteiger charge is 2.16. The number of unbranched alkanes of at least 4 members (excludes halogenated alkanes) is 30. The Morgan fingerprint density at radius 3 is 1.05 bits per heavy atom. The van der Waals surface area contributed by atoms with Crippen molar-refractivity contribution >= 4 is 11.9 Å². The van der Waals surface area contributed by atoms with Crippen molar-refractivity contribution < 1.29 is 24.2 Å². The molecule has 0 heterocycles. The molecule has 0 aromatic heterocycles. The molecule has 1 unspecified atom stereocenters. The summed E-state index contributed by atoms with van der Waals surface area (Å²) in [5.41, 5.74) is 0. The number of aliphatic hydroxyl groups excluding tert-OH is 1. The first-order valence-electron chi connectivity index (χ1n) is 25.2. The van der Waals surface area contributed by atoms with E-state index in [2.05, 4.69) is 62.5 Å². The lowest BCUT2D eigenvalue weighted by Crippen LogP contribution is -2.28. The van der Waals surface area contributed by atoms with Gasteiger partial charge in [-0.2, -0.15) is 0 Å². The van der Waals surface area contributed by atoms with Gasteiger partial charge in [-0.3, -0.25) is 9.59 Å². The molecule has 0 bridgehead atoms. The summed E-state index contributed by atoms with van der Waals surface area (Å²) in [6.07, 6.45) is 63.4. The monoisotopic (exact) mass is 813 g/mol. The maximum Gasteiger partial charge on any atom is 0.306 e. The molecule has 58 heavy (non-hydrogen) atoms. The van der Waals surface area contributed by atoms with Gasteiger partial charge in [0.15, 0.2) is 6.10 Å². The summed E-state index contributed by atoms with van der Waals surface area (Å²) in [5, 5.41) is 9.62. The maximum absolute atomic E-state index is 12.3. The van der Waals surface area contributed by atoms with E-state index in [-0.39, 0.29) is 25.2 Å². The van der Waals surface area contributed by atoms with Gasteiger partial charge in [0.2, 0.25) is 0 Å². The minimum atomic E-state index is -0.780. The SMILES string of the molecule is CCCCCCC/C=C\C/C=C\C/C=C\CCCCCCCCC(=O)OC(CO)COC(=O)CCCCCCCCCCCCC/C=C\CCCCCCCCCC. The van der Waals surface area contributed by atoms with Gasteiger partial charge in [0, 0.05) is 12.8 Å². The average molecular weight is 813 g/mol. The molecular formula is C53H96O5. The molecule has 338 valence electrons. The van der Waals surface area contributed by atoms with E-state index in [9.17, 15) is 14.7 Å². The number of esters is 2. The van der Waals surface area contributed by atoms with Crippen molar-refractivity contribution in [3.8, 4) is 0 Å². The molecule has 1 atom stereocenters. The second kappa shape index (κ2) is 49.2. The lowest BCUT2D eigenvalue weighted by atomic mass is 10.0. The van der Waals surface area contributed by atoms with E-state index in [0.717, 1.165) is 57.8 Å². The number of rotatable bonds is 46. The lowest BCUT2D eigenvalue weighted by molar-refractivity contribution is -0.161. The first-order valence-corrected chi connectivity index (χ1v) is 25.2. The highest BCUT2D eigenvalue weighted by molar-refractivity contribution is 5.70. The van der Waals surface area contributed by atoms with Crippen molar-refractivity contribution in [1.82, 2.24) is 0 Å². The van der Waals surface area contributed by atoms with Gasteiger partial charge in [-0.25, -0.2) is 0 Å². The van der Waals surface area contributed by atoms with E-state index in [4.69, 9.17) is 9.47 Å². The zero-order chi connectivity index (χ0) is 42.1. The highest BCUT2D eigenvalue weighted by atomic mass is 16.6. The van der Waals surface area contributed by atoms with Crippen LogP contribution < -0.4 is 0 Å². The van der Waals surface area contributed by atoms with Crippen LogP contribution in [0.2, 0.25) is 0 Å². The molecule has 0 saturated carbocycles. The molecule has 0 radical (unpaired) electrons. The van der Waals surface area contributed by atoms with E-state index in [1.165, 1.54) is 173 Å². The number of hydrogen-bond donors (Lipinski definition) is 1. The van der Waals surface area contributed by atoms with E-state index in [1.54, 1.807) is 0 Å². The predicted molar refractivity (Wildman–Crippen MR) is 251 cm³/mol. The zero-order valence-corrected chi connectivity index (χ0v) is 38.6. The number of allylic oxidation sites excluding steroid dienone is 8. The van der Waals surface area contributed by atoms with Crippen molar-refractivity contribution in [2.24, 2.45) is 0 Å². The molecule has 0 aliphatic carbocycles. The van der Waals surface area contributed by atoms with Crippen molar-refractivity contribution in [2.75, 3.05) is 13.2 Å². The second-order valence-electron chi connectivity index (χ2n) is 16.9. The van der Waals surface area contributed by atoms with Crippen LogP contribution in [0, 0.1) is 0 Å². The van der Waals surface area contributed by atoms with E-state index >= 15 is 0 Å². The van der Waals surface area contributed by atoms with Gasteiger partial charge < -0.3 is 14.6 Å². The fourth-order valence-electron chi connectivity index (χ4n) is 7.26. The highest BCUT2D eigenvalue weighted by Crippen LogP contribution is 2.15. The van der Waals surface area contributed by atoms with Crippen LogP contribution in [0.25, 0.3) is 0 Å². The fraction of sp³-hybridized carbons (Fsp3) is 0.811. The van der Waals surface area contributed by atoms with Crippen molar-refractivity contribution in [1.29, 1.82) is 0 Å². The number of aliphatic hydroxyl groups is 1. The van der Waals surface area contributed by atoms with Gasteiger partial charge in [0.05, 0.1) is 6.61 Å². The van der Waals surface area contributed by atoms with Gasteiger partial charge in [-0.05, 0) is 77.0 Å². The molecule has 0 aliphatic heterocycles. The zero-order valence-electron chi connectivity index (χ0n) is 38.6. The number of carbonyl (C=O) groups is 2. The maximum atomic E-state index is 12.3. The molecule has 5 heteroatoms. The summed E-state index contributed by atoms with van der Waals surface area (Å²) >= 11 is 0. The van der Waals surface area contributed by atoms with Crippen LogP contribution in [-0.2, 0) is 19.1 Å². The molecule has 0 rings (SSSR count). The molecule has 0 spiro atoms. The summed E-state index contributed by atoms with van der Waals surface area (Å²) in [7, 11) is 0. The Morgan fingerprint density at radius 2 is 0.690 bits per heavy atom. The second-order valence-corrected chi connectivity index (χ2v) is 16.9. The molecule has 0 aliphatic rings. The number of carbonyl (C=O) groups excluding carboxylic acids is 2. The minimum Gasteiger partial charge on any atom is -0.462 e. The van der Waals surface area contributed by atoms with Crippen molar-refractivity contribution in [3.63, 3.8) is 0 Å². The summed E-state index contributed by atoms with van der Waals surface area (Å²) in [6, 6.07) is 0. The Labute approximate surface area is 360 Å². The van der Waals surface area contributed by atoms with Crippen molar-refractivity contribution in [3.05, 3.63) is 48.6 Å². The van der Waals surface area contributed by atoms with Gasteiger partial charge >= 0.3 is 11.9 Å². The summed E-state index contributed by atoms with van der Waals surface area (Å²) in [4.78, 5) is 24.4. The van der Waals surface area contributed by atoms with Gasteiger partial charge in [-0.1, -0.05) is 217 Å². The smallest absolute Gasteiger partial charge is 0.306 e. The first kappa shape index (κ1) is 55.9. The third kappa shape index (κ3) is 46.5. The standard InChI is InChI=1S/C53H96O5/c1-3-5-7-9-11-13-15-17-19-21-23-25-26-28-29-31-33-35-37-39-41-43-45-47-52(55)57-50-51(49-54)58-53(56)48-46-44-42-40-38-36-34-32-30-27-24-22-20-18-16-14-12-10-8-6-4-2/h16,18,21-24,30,32,51,54H,3-15,17,19-20,25-29,31,33-50H2,1-2H3/b18-16-,23-21-,24-22-,32-30-. The molecule has 0 fully saturated rings. The van der Waals surface area contributed by atoms with Crippen LogP contribution in [0.3, 0.4) is 0 Å². The van der Waals surface area contributed by atoms with E-state index in [1.807, 2.05) is 0 Å². The molecule has 1 N–H and O–H groups in total. The fourth-order valence-corrected chi connectivity index (χ4v) is 7.26. The van der Waals surface area contributed by atoms with E-state index < -0.39 is 6.10 Å². The number of ether oxygens (including phenoxy) is 2. The Bertz CT molecular complexity index is 966. The quantitative estimate of drug-likeness (QED) is 0.0376. The largest absolute Gasteiger partial charge is 0.462 e. The Balaban J connectivity index is 3.52. The van der Waals surface area contributed by atoms with Gasteiger partial charge in [0.1, 0.15) is 6.61 Å². The summed E-state index contributed by atoms with van der Waals surface area (Å²) < 4.78 is 10.7. The van der Waals surface area contributed by atoms with Crippen LogP contribution in [0.15, 0.2) is 48.6 Å². The molecule has 0 amide bonds. The topological polar surface area (TPSA) is 72.8 Å². The molecular weight excluding hydrogens is 717 g/mol. The van der Waals surface area contributed by atoms with Gasteiger partial charge in [-0.15, -0.1) is 0 Å². The Kier molecular flexibility index (Phi) is 47.4. The van der Waals surface area contributed by atoms with E-state index in [0.29, 0.717) is 12.8 Å². The first-order chi connectivity index (χ1) is 28.6. The number of hydrogen-bond acceptors (Lipinski definition) is 5. The van der Waals surface area contributed by atoms with Crippen LogP contribution in [0.5, 0.6) is 0 Å². The predicted octanol–water partition coefficient (Wildman–Crippen LogP) is 16.5. The van der Waals surface area contributed by atoms with Crippen LogP contribution in [0.1, 0.15) is 258 Å². The molecule has 0 saturated heterocycles. The molecule has 0 aromatic rings. The third-order valence-corrected chi connectivity index (χ3v) is 11.1. The summed E-state index contributed by atoms with van der Waals surface area (Å²) in [5.74, 6) is -0.599. The average Bonchev–Trinajstić information content (AvgIpc) is 3.23. The summed E-state index contributed by atoms with van der Waals surface area (Å²) in [6.45, 7) is 4.14. The Morgan fingerprint density at radius 1 is 0.397 bits per heavy atom. The minimum absolute atomic E-state index is 0.0709. The molecule has 5 nitrogen and oxygen atoms in total. The lowest BCUT2D eigenvalue weighted by Gasteiger charge is -2.15. The van der Waals surface area contributed by atoms with Crippen LogP contribution >= 0.6 is 0 Å². The Hall–Kier alpha value is -2.14. The van der Waals surface area contributed by atoms with Gasteiger partial charge in [0.25, 0.3) is 0 Å². The normalized spacial score (nSPS) is 12.5. The van der Waals surface area contributed by atoms with Crippen molar-refractivity contribution in [2.45, 2.75) is 264 Å². The third-order valence-electron chi connectivity index (χ3n) is 11.1. The van der Waals surface area contributed by atoms with Crippen LogP contribution in [-0.4, -0.2) is 36.4 Å². The molecule has 0 aromatic carbocycles.